The van der Waals surface area contributed by atoms with Gasteiger partial charge in [-0.25, -0.2) is 0 Å². The SMILES string of the molecule is CCN1C(=O)C(Br)=CN([O-])N1CC. The predicted molar refractivity (Wildman–Crippen MR) is 52.0 cm³/mol. The highest BCUT2D eigenvalue weighted by Gasteiger charge is 2.25. The minimum atomic E-state index is -0.184. The number of hydrogen-bond acceptors (Lipinski definition) is 4. The molecule has 0 unspecified atom stereocenters. The molecule has 0 saturated heterocycles. The minimum Gasteiger partial charge on any atom is -0.742 e. The molecule has 1 aliphatic rings. The third-order valence-electron chi connectivity index (χ3n) is 1.75. The maximum atomic E-state index is 11.5. The minimum absolute atomic E-state index is 0.184. The van der Waals surface area contributed by atoms with Crippen LogP contribution < -0.4 is 0 Å². The van der Waals surface area contributed by atoms with E-state index in [0.29, 0.717) is 18.3 Å². The monoisotopic (exact) mass is 248 g/mol. The molecular weight excluding hydrogens is 238 g/mol. The van der Waals surface area contributed by atoms with Crippen LogP contribution in [0.2, 0.25) is 0 Å². The Morgan fingerprint density at radius 1 is 1.46 bits per heavy atom. The fourth-order valence-corrected chi connectivity index (χ4v) is 1.55. The smallest absolute Gasteiger partial charge is 0.278 e. The zero-order chi connectivity index (χ0) is 10.0. The highest BCUT2D eigenvalue weighted by molar-refractivity contribution is 9.12. The van der Waals surface area contributed by atoms with Gasteiger partial charge in [0.15, 0.2) is 0 Å². The van der Waals surface area contributed by atoms with Crippen LogP contribution in [0.1, 0.15) is 13.8 Å². The van der Waals surface area contributed by atoms with Crippen molar-refractivity contribution in [1.29, 1.82) is 0 Å². The number of hydroxylamine groups is 1. The summed E-state index contributed by atoms with van der Waals surface area (Å²) in [5.41, 5.74) is 0. The number of amides is 1. The maximum Gasteiger partial charge on any atom is 0.278 e. The zero-order valence-corrected chi connectivity index (χ0v) is 9.11. The first-order valence-corrected chi connectivity index (χ1v) is 4.84. The lowest BCUT2D eigenvalue weighted by Crippen LogP contribution is -2.54. The van der Waals surface area contributed by atoms with Gasteiger partial charge in [0.1, 0.15) is 4.48 Å². The largest absolute Gasteiger partial charge is 0.742 e. The van der Waals surface area contributed by atoms with Crippen LogP contribution in [0.4, 0.5) is 0 Å². The quantitative estimate of drug-likeness (QED) is 0.733. The maximum absolute atomic E-state index is 11.5. The van der Waals surface area contributed by atoms with Crippen molar-refractivity contribution in [2.45, 2.75) is 13.8 Å². The molecular formula is C7H11BrN3O2-. The van der Waals surface area contributed by atoms with Gasteiger partial charge in [0, 0.05) is 19.3 Å². The number of carbonyl (C=O) groups excluding carboxylic acids is 1. The van der Waals surface area contributed by atoms with Crippen LogP contribution in [0.25, 0.3) is 0 Å². The third-order valence-corrected chi connectivity index (χ3v) is 2.30. The molecule has 74 valence electrons. The molecule has 0 radical (unpaired) electrons. The summed E-state index contributed by atoms with van der Waals surface area (Å²) in [5, 5.41) is 14.7. The van der Waals surface area contributed by atoms with Gasteiger partial charge < -0.3 is 10.4 Å². The lowest BCUT2D eigenvalue weighted by molar-refractivity contribution is -0.172. The van der Waals surface area contributed by atoms with Gasteiger partial charge in [0.2, 0.25) is 0 Å². The van der Waals surface area contributed by atoms with Gasteiger partial charge in [-0.3, -0.25) is 9.80 Å². The van der Waals surface area contributed by atoms with Crippen LogP contribution in [0, 0.1) is 5.21 Å². The van der Waals surface area contributed by atoms with Crippen LogP contribution >= 0.6 is 15.9 Å². The summed E-state index contributed by atoms with van der Waals surface area (Å²) >= 11 is 3.03. The molecule has 1 aliphatic heterocycles. The first-order valence-electron chi connectivity index (χ1n) is 4.04. The molecule has 5 nitrogen and oxygen atoms in total. The molecule has 6 heteroatoms. The number of hydrogen-bond donors (Lipinski definition) is 0. The number of hydrazine groups is 2. The Kier molecular flexibility index (Phi) is 3.29. The highest BCUT2D eigenvalue weighted by atomic mass is 79.9. The molecule has 1 heterocycles. The van der Waals surface area contributed by atoms with Gasteiger partial charge in [-0.1, -0.05) is 0 Å². The van der Waals surface area contributed by atoms with E-state index < -0.39 is 0 Å². The molecule has 0 saturated carbocycles. The average molecular weight is 249 g/mol. The van der Waals surface area contributed by atoms with Crippen LogP contribution in [-0.4, -0.2) is 34.3 Å². The van der Waals surface area contributed by atoms with Crippen molar-refractivity contribution in [3.05, 3.63) is 15.9 Å². The summed E-state index contributed by atoms with van der Waals surface area (Å²) in [6.07, 6.45) is 1.22. The fourth-order valence-electron chi connectivity index (χ4n) is 1.17. The summed E-state index contributed by atoms with van der Waals surface area (Å²) in [5.74, 6) is -0.184. The van der Waals surface area contributed by atoms with E-state index >= 15 is 0 Å². The molecule has 0 fully saturated rings. The zero-order valence-electron chi connectivity index (χ0n) is 7.53. The Morgan fingerprint density at radius 3 is 2.54 bits per heavy atom. The lowest BCUT2D eigenvalue weighted by atomic mass is 10.5. The number of nitrogens with zero attached hydrogens (tertiary/aromatic N) is 3. The summed E-state index contributed by atoms with van der Waals surface area (Å²) in [6, 6.07) is 0. The van der Waals surface area contributed by atoms with Gasteiger partial charge >= 0.3 is 0 Å². The van der Waals surface area contributed by atoms with E-state index in [1.54, 1.807) is 0 Å². The van der Waals surface area contributed by atoms with Gasteiger partial charge in [0.25, 0.3) is 5.91 Å². The Morgan fingerprint density at radius 2 is 2.08 bits per heavy atom. The normalized spacial score (nSPS) is 19.4. The van der Waals surface area contributed by atoms with E-state index in [0.717, 1.165) is 0 Å². The van der Waals surface area contributed by atoms with Crippen LogP contribution in [0.15, 0.2) is 10.7 Å². The van der Waals surface area contributed by atoms with E-state index in [2.05, 4.69) is 15.9 Å². The molecule has 0 aromatic carbocycles. The molecule has 1 amide bonds. The first kappa shape index (κ1) is 10.5. The van der Waals surface area contributed by atoms with Gasteiger partial charge in [-0.15, -0.1) is 5.12 Å². The van der Waals surface area contributed by atoms with E-state index in [9.17, 15) is 10.0 Å². The van der Waals surface area contributed by atoms with E-state index in [4.69, 9.17) is 0 Å². The summed E-state index contributed by atoms with van der Waals surface area (Å²) in [7, 11) is 0. The summed E-state index contributed by atoms with van der Waals surface area (Å²) < 4.78 is 0.286. The van der Waals surface area contributed by atoms with E-state index in [1.807, 2.05) is 13.8 Å². The molecule has 0 bridgehead atoms. The molecule has 1 rings (SSSR count). The van der Waals surface area contributed by atoms with Crippen molar-refractivity contribution in [1.82, 2.24) is 15.3 Å². The molecule has 0 N–H and O–H groups in total. The first-order chi connectivity index (χ1) is 6.11. The number of halogens is 1. The van der Waals surface area contributed by atoms with Crippen molar-refractivity contribution in [2.75, 3.05) is 13.1 Å². The highest BCUT2D eigenvalue weighted by Crippen LogP contribution is 2.19. The fraction of sp³-hybridized carbons (Fsp3) is 0.571. The van der Waals surface area contributed by atoms with Gasteiger partial charge in [-0.2, -0.15) is 0 Å². The standard InChI is InChI=1S/C7H11BrN3O2/c1-3-9-7(12)6(8)5-11(13)10(9)4-2/h5H,3-4H2,1-2H3/q-1. The lowest BCUT2D eigenvalue weighted by Gasteiger charge is -2.47. The Bertz CT molecular complexity index is 244. The Balaban J connectivity index is 2.93. The second-order valence-corrected chi connectivity index (χ2v) is 3.34. The van der Waals surface area contributed by atoms with Crippen LogP contribution in [0.5, 0.6) is 0 Å². The second-order valence-electron chi connectivity index (χ2n) is 2.49. The summed E-state index contributed by atoms with van der Waals surface area (Å²) in [6.45, 7) is 4.59. The van der Waals surface area contributed by atoms with Gasteiger partial charge in [0.05, 0.1) is 0 Å². The van der Waals surface area contributed by atoms with E-state index in [1.165, 1.54) is 16.3 Å². The van der Waals surface area contributed by atoms with Crippen molar-refractivity contribution in [2.24, 2.45) is 0 Å². The molecule has 0 aliphatic carbocycles. The average Bonchev–Trinajstić information content (AvgIpc) is 2.10. The number of likely N-dealkylation sites (N-methyl/N-ethyl adjacent to an activating group) is 1. The van der Waals surface area contributed by atoms with E-state index in [-0.39, 0.29) is 10.4 Å². The molecule has 0 atom stereocenters. The molecule has 13 heavy (non-hydrogen) atoms. The van der Waals surface area contributed by atoms with Gasteiger partial charge in [-0.05, 0) is 29.8 Å². The van der Waals surface area contributed by atoms with Crippen LogP contribution in [0.3, 0.4) is 0 Å². The van der Waals surface area contributed by atoms with Crippen LogP contribution in [-0.2, 0) is 4.79 Å². The van der Waals surface area contributed by atoms with Crippen molar-refractivity contribution < 1.29 is 4.79 Å². The predicted octanol–water partition coefficient (Wildman–Crippen LogP) is 1.04. The Labute approximate surface area is 85.2 Å². The molecule has 0 aromatic heterocycles. The Hall–Kier alpha value is -0.590. The molecule has 0 aromatic rings. The van der Waals surface area contributed by atoms with Crippen molar-refractivity contribution in [3.8, 4) is 0 Å². The summed E-state index contributed by atoms with van der Waals surface area (Å²) in [4.78, 5) is 11.5. The third kappa shape index (κ3) is 1.84. The molecule has 0 spiro atoms. The number of rotatable bonds is 2. The van der Waals surface area contributed by atoms with Crippen molar-refractivity contribution in [3.63, 3.8) is 0 Å². The second kappa shape index (κ2) is 4.08. The topological polar surface area (TPSA) is 49.9 Å². The number of carbonyl (C=O) groups is 1. The van der Waals surface area contributed by atoms with Crippen molar-refractivity contribution >= 4 is 21.8 Å².